The second-order valence-electron chi connectivity index (χ2n) is 7.65. The van der Waals surface area contributed by atoms with Crippen molar-refractivity contribution in [1.82, 2.24) is 4.90 Å². The molecule has 0 saturated carbocycles. The molecule has 0 bridgehead atoms. The quantitative estimate of drug-likeness (QED) is 0.747. The number of hydrogen-bond donors (Lipinski definition) is 1. The monoisotopic (exact) mass is 365 g/mol. The first-order chi connectivity index (χ1) is 11.9. The molecule has 1 N–H and O–H groups in total. The molecule has 1 aromatic carbocycles. The van der Waals surface area contributed by atoms with Crippen LogP contribution in [0, 0.1) is 5.41 Å². The van der Waals surface area contributed by atoms with E-state index in [1.165, 1.54) is 18.7 Å². The van der Waals surface area contributed by atoms with Gasteiger partial charge in [-0.25, -0.2) is 4.79 Å². The SMILES string of the molecule is CC(C)(COC(=O)CN(C(=O)OCc1ccccc1)C(C)(C)C)C(=O)O. The molecule has 0 aliphatic rings. The number of ether oxygens (including phenoxy) is 2. The Kier molecular flexibility index (Phi) is 7.18. The van der Waals surface area contributed by atoms with Crippen molar-refractivity contribution in [2.24, 2.45) is 5.41 Å². The molecule has 1 rings (SSSR count). The maximum absolute atomic E-state index is 12.4. The molecule has 1 aromatic rings. The first kappa shape index (κ1) is 21.5. The van der Waals surface area contributed by atoms with Gasteiger partial charge in [-0.05, 0) is 40.2 Å². The zero-order chi connectivity index (χ0) is 20.0. The number of aliphatic carboxylic acids is 1. The Labute approximate surface area is 153 Å². The highest BCUT2D eigenvalue weighted by Crippen LogP contribution is 2.18. The van der Waals surface area contributed by atoms with Gasteiger partial charge < -0.3 is 14.6 Å². The minimum absolute atomic E-state index is 0.0906. The van der Waals surface area contributed by atoms with E-state index in [-0.39, 0.29) is 19.8 Å². The van der Waals surface area contributed by atoms with Crippen LogP contribution in [0.15, 0.2) is 30.3 Å². The van der Waals surface area contributed by atoms with Crippen molar-refractivity contribution in [2.45, 2.75) is 46.8 Å². The van der Waals surface area contributed by atoms with Crippen molar-refractivity contribution in [1.29, 1.82) is 0 Å². The van der Waals surface area contributed by atoms with E-state index < -0.39 is 29.0 Å². The van der Waals surface area contributed by atoms with Crippen LogP contribution in [-0.2, 0) is 25.7 Å². The van der Waals surface area contributed by atoms with Crippen molar-refractivity contribution in [3.05, 3.63) is 35.9 Å². The fourth-order valence-electron chi connectivity index (χ4n) is 1.87. The number of rotatable bonds is 7. The van der Waals surface area contributed by atoms with E-state index in [0.717, 1.165) is 5.56 Å². The Hall–Kier alpha value is -2.57. The van der Waals surface area contributed by atoms with E-state index >= 15 is 0 Å². The highest BCUT2D eigenvalue weighted by atomic mass is 16.6. The number of hydrogen-bond acceptors (Lipinski definition) is 5. The molecule has 0 unspecified atom stereocenters. The molecule has 26 heavy (non-hydrogen) atoms. The van der Waals surface area contributed by atoms with Crippen LogP contribution in [0.5, 0.6) is 0 Å². The lowest BCUT2D eigenvalue weighted by Crippen LogP contribution is -2.49. The molecule has 0 radical (unpaired) electrons. The normalized spacial score (nSPS) is 11.6. The highest BCUT2D eigenvalue weighted by Gasteiger charge is 2.33. The highest BCUT2D eigenvalue weighted by molar-refractivity contribution is 5.79. The van der Waals surface area contributed by atoms with E-state index in [0.29, 0.717) is 0 Å². The lowest BCUT2D eigenvalue weighted by Gasteiger charge is -2.34. The minimum atomic E-state index is -1.20. The number of amides is 1. The lowest BCUT2D eigenvalue weighted by atomic mass is 9.95. The van der Waals surface area contributed by atoms with Crippen LogP contribution in [0.3, 0.4) is 0 Å². The average molecular weight is 365 g/mol. The number of carbonyl (C=O) groups excluding carboxylic acids is 2. The third-order valence-corrected chi connectivity index (χ3v) is 3.70. The predicted octanol–water partition coefficient (Wildman–Crippen LogP) is 3.08. The molecule has 0 saturated heterocycles. The van der Waals surface area contributed by atoms with Crippen molar-refractivity contribution >= 4 is 18.0 Å². The third kappa shape index (κ3) is 6.74. The summed E-state index contributed by atoms with van der Waals surface area (Å²) < 4.78 is 10.3. The fourth-order valence-corrected chi connectivity index (χ4v) is 1.87. The number of nitrogens with zero attached hydrogens (tertiary/aromatic N) is 1. The Morgan fingerprint density at radius 3 is 2.08 bits per heavy atom. The van der Waals surface area contributed by atoms with Crippen LogP contribution in [0.2, 0.25) is 0 Å². The van der Waals surface area contributed by atoms with Gasteiger partial charge in [0.1, 0.15) is 19.8 Å². The van der Waals surface area contributed by atoms with Gasteiger partial charge in [0.15, 0.2) is 0 Å². The molecule has 7 heteroatoms. The van der Waals surface area contributed by atoms with Gasteiger partial charge in [-0.15, -0.1) is 0 Å². The molecule has 0 aromatic heterocycles. The molecule has 0 heterocycles. The van der Waals surface area contributed by atoms with Crippen LogP contribution in [0.1, 0.15) is 40.2 Å². The van der Waals surface area contributed by atoms with E-state index in [9.17, 15) is 14.4 Å². The smallest absolute Gasteiger partial charge is 0.411 e. The minimum Gasteiger partial charge on any atom is -0.481 e. The Morgan fingerprint density at radius 2 is 1.58 bits per heavy atom. The number of carboxylic acids is 1. The summed E-state index contributed by atoms with van der Waals surface area (Å²) in [4.78, 5) is 36.8. The summed E-state index contributed by atoms with van der Waals surface area (Å²) in [5.74, 6) is -1.76. The zero-order valence-electron chi connectivity index (χ0n) is 15.9. The van der Waals surface area contributed by atoms with Crippen LogP contribution >= 0.6 is 0 Å². The average Bonchev–Trinajstić information content (AvgIpc) is 2.55. The van der Waals surface area contributed by atoms with Crippen LogP contribution < -0.4 is 0 Å². The zero-order valence-corrected chi connectivity index (χ0v) is 15.9. The van der Waals surface area contributed by atoms with E-state index in [2.05, 4.69) is 0 Å². The summed E-state index contributed by atoms with van der Waals surface area (Å²) in [6.45, 7) is 7.70. The number of benzene rings is 1. The largest absolute Gasteiger partial charge is 0.481 e. The number of carboxylic acid groups (broad SMARTS) is 1. The first-order valence-electron chi connectivity index (χ1n) is 8.31. The van der Waals surface area contributed by atoms with E-state index in [1.807, 2.05) is 30.3 Å². The maximum Gasteiger partial charge on any atom is 0.411 e. The lowest BCUT2D eigenvalue weighted by molar-refractivity contribution is -0.157. The second kappa shape index (κ2) is 8.69. The van der Waals surface area contributed by atoms with Crippen molar-refractivity contribution < 1.29 is 29.0 Å². The predicted molar refractivity (Wildman–Crippen MR) is 95.5 cm³/mol. The number of esters is 1. The number of carbonyl (C=O) groups is 3. The summed E-state index contributed by atoms with van der Waals surface area (Å²) in [6.07, 6.45) is -0.643. The van der Waals surface area contributed by atoms with E-state index in [4.69, 9.17) is 14.6 Å². The summed E-state index contributed by atoms with van der Waals surface area (Å²) in [5, 5.41) is 9.06. The topological polar surface area (TPSA) is 93.1 Å². The van der Waals surface area contributed by atoms with Gasteiger partial charge in [-0.1, -0.05) is 30.3 Å². The first-order valence-corrected chi connectivity index (χ1v) is 8.31. The summed E-state index contributed by atoms with van der Waals surface area (Å²) >= 11 is 0. The summed E-state index contributed by atoms with van der Waals surface area (Å²) in [5.41, 5.74) is -1.04. The van der Waals surface area contributed by atoms with Gasteiger partial charge in [0.2, 0.25) is 0 Å². The van der Waals surface area contributed by atoms with Gasteiger partial charge >= 0.3 is 18.0 Å². The fraction of sp³-hybridized carbons (Fsp3) is 0.526. The molecule has 1 amide bonds. The van der Waals surface area contributed by atoms with Gasteiger partial charge in [0.25, 0.3) is 0 Å². The molecule has 0 spiro atoms. The van der Waals surface area contributed by atoms with Crippen molar-refractivity contribution in [2.75, 3.05) is 13.2 Å². The molecule has 0 aliphatic heterocycles. The van der Waals surface area contributed by atoms with Crippen LogP contribution in [-0.4, -0.2) is 46.7 Å². The molecule has 0 atom stereocenters. The molecular formula is C19H27NO6. The van der Waals surface area contributed by atoms with Crippen LogP contribution in [0.4, 0.5) is 4.79 Å². The van der Waals surface area contributed by atoms with Gasteiger partial charge in [0, 0.05) is 5.54 Å². The van der Waals surface area contributed by atoms with Gasteiger partial charge in [0.05, 0.1) is 5.41 Å². The van der Waals surface area contributed by atoms with E-state index in [1.54, 1.807) is 20.8 Å². The summed E-state index contributed by atoms with van der Waals surface area (Å²) in [6, 6.07) is 9.20. The Balaban J connectivity index is 2.67. The third-order valence-electron chi connectivity index (χ3n) is 3.70. The molecule has 7 nitrogen and oxygen atoms in total. The second-order valence-corrected chi connectivity index (χ2v) is 7.65. The molecular weight excluding hydrogens is 338 g/mol. The maximum atomic E-state index is 12.4. The van der Waals surface area contributed by atoms with Gasteiger partial charge in [-0.3, -0.25) is 14.5 Å². The van der Waals surface area contributed by atoms with Crippen molar-refractivity contribution in [3.8, 4) is 0 Å². The Morgan fingerprint density at radius 1 is 1.00 bits per heavy atom. The molecule has 0 aliphatic carbocycles. The Bertz CT molecular complexity index is 633. The molecule has 0 fully saturated rings. The molecule has 144 valence electrons. The summed E-state index contributed by atoms with van der Waals surface area (Å²) in [7, 11) is 0. The van der Waals surface area contributed by atoms with Gasteiger partial charge in [-0.2, -0.15) is 0 Å². The standard InChI is InChI=1S/C19H27NO6/c1-18(2,3)20(11-15(21)26-13-19(4,5)16(22)23)17(24)25-12-14-9-7-6-8-10-14/h6-10H,11-13H2,1-5H3,(H,22,23). The van der Waals surface area contributed by atoms with Crippen LogP contribution in [0.25, 0.3) is 0 Å². The van der Waals surface area contributed by atoms with Crippen molar-refractivity contribution in [3.63, 3.8) is 0 Å².